The van der Waals surface area contributed by atoms with Gasteiger partial charge in [0, 0.05) is 64.6 Å². The highest BCUT2D eigenvalue weighted by atomic mass is 16.2. The molecule has 1 N–H and O–H groups in total. The molecule has 0 spiro atoms. The number of rotatable bonds is 3. The van der Waals surface area contributed by atoms with Crippen molar-refractivity contribution in [2.45, 2.75) is 25.3 Å². The number of hydrogen-bond donors (Lipinski definition) is 1. The van der Waals surface area contributed by atoms with Crippen molar-refractivity contribution >= 4 is 11.7 Å². The number of carbonyl (C=O) groups excluding carboxylic acids is 1. The van der Waals surface area contributed by atoms with E-state index < -0.39 is 0 Å². The summed E-state index contributed by atoms with van der Waals surface area (Å²) in [4.78, 5) is 24.1. The van der Waals surface area contributed by atoms with Crippen LogP contribution >= 0.6 is 0 Å². The quantitative estimate of drug-likeness (QED) is 0.889. The summed E-state index contributed by atoms with van der Waals surface area (Å²) in [5.41, 5.74) is 0.721. The second-order valence-corrected chi connectivity index (χ2v) is 7.08. The fourth-order valence-corrected chi connectivity index (χ4v) is 4.10. The van der Waals surface area contributed by atoms with E-state index in [0.717, 1.165) is 70.2 Å². The van der Waals surface area contributed by atoms with Crippen molar-refractivity contribution in [3.63, 3.8) is 0 Å². The molecule has 24 heavy (non-hydrogen) atoms. The molecule has 0 saturated carbocycles. The molecule has 3 aliphatic rings. The first-order valence-corrected chi connectivity index (χ1v) is 9.26. The molecule has 1 aromatic rings. The van der Waals surface area contributed by atoms with Crippen molar-refractivity contribution in [3.8, 4) is 0 Å². The average molecular weight is 329 g/mol. The minimum Gasteiger partial charge on any atom is -0.357 e. The standard InChI is InChI=1S/C18H27N5O/c24-18(15-3-4-17(20-13-15)22-8-1-2-9-22)23-10-5-16(14-23)21-11-6-19-7-12-21/h3-4,13,16,19H,1-2,5-12,14H2. The number of aromatic nitrogens is 1. The molecule has 0 aromatic carbocycles. The van der Waals surface area contributed by atoms with Crippen LogP contribution in [-0.4, -0.2) is 79.1 Å². The summed E-state index contributed by atoms with van der Waals surface area (Å²) < 4.78 is 0. The topological polar surface area (TPSA) is 51.7 Å². The molecule has 1 atom stereocenters. The Hall–Kier alpha value is -1.66. The van der Waals surface area contributed by atoms with Crippen molar-refractivity contribution in [1.82, 2.24) is 20.1 Å². The van der Waals surface area contributed by atoms with Gasteiger partial charge in [-0.3, -0.25) is 9.69 Å². The zero-order valence-corrected chi connectivity index (χ0v) is 14.3. The maximum Gasteiger partial charge on any atom is 0.255 e. The number of pyridine rings is 1. The lowest BCUT2D eigenvalue weighted by Gasteiger charge is -2.32. The fourth-order valence-electron chi connectivity index (χ4n) is 4.10. The van der Waals surface area contributed by atoms with Gasteiger partial charge in [-0.2, -0.15) is 0 Å². The Labute approximate surface area is 143 Å². The van der Waals surface area contributed by atoms with E-state index in [0.29, 0.717) is 6.04 Å². The molecule has 0 radical (unpaired) electrons. The minimum atomic E-state index is 0.133. The normalized spacial score (nSPS) is 25.4. The van der Waals surface area contributed by atoms with Crippen LogP contribution in [0.4, 0.5) is 5.82 Å². The van der Waals surface area contributed by atoms with E-state index in [-0.39, 0.29) is 5.91 Å². The second kappa shape index (κ2) is 7.07. The van der Waals surface area contributed by atoms with Crippen molar-refractivity contribution < 1.29 is 4.79 Å². The van der Waals surface area contributed by atoms with Gasteiger partial charge in [0.25, 0.3) is 5.91 Å². The summed E-state index contributed by atoms with van der Waals surface area (Å²) in [5.74, 6) is 1.14. The predicted octanol–water partition coefficient (Wildman–Crippen LogP) is 0.802. The number of anilines is 1. The molecule has 0 aliphatic carbocycles. The molecule has 3 saturated heterocycles. The molecule has 1 amide bonds. The van der Waals surface area contributed by atoms with Gasteiger partial charge in [0.2, 0.25) is 0 Å². The summed E-state index contributed by atoms with van der Waals surface area (Å²) in [6.07, 6.45) is 5.33. The number of nitrogens with zero attached hydrogens (tertiary/aromatic N) is 4. The van der Waals surface area contributed by atoms with Gasteiger partial charge < -0.3 is 15.1 Å². The molecule has 1 aromatic heterocycles. The molecule has 6 nitrogen and oxygen atoms in total. The molecule has 130 valence electrons. The van der Waals surface area contributed by atoms with Gasteiger partial charge >= 0.3 is 0 Å². The lowest BCUT2D eigenvalue weighted by Crippen LogP contribution is -2.49. The van der Waals surface area contributed by atoms with Gasteiger partial charge in [0.15, 0.2) is 0 Å². The third-order valence-electron chi connectivity index (χ3n) is 5.54. The van der Waals surface area contributed by atoms with Gasteiger partial charge in [-0.25, -0.2) is 4.98 Å². The summed E-state index contributed by atoms with van der Waals surface area (Å²) >= 11 is 0. The summed E-state index contributed by atoms with van der Waals surface area (Å²) in [5, 5.41) is 3.39. The van der Waals surface area contributed by atoms with Crippen molar-refractivity contribution in [2.24, 2.45) is 0 Å². The highest BCUT2D eigenvalue weighted by molar-refractivity contribution is 5.94. The molecule has 6 heteroatoms. The van der Waals surface area contributed by atoms with Crippen LogP contribution in [0, 0.1) is 0 Å². The Balaban J connectivity index is 1.37. The molecule has 4 rings (SSSR count). The van der Waals surface area contributed by atoms with E-state index >= 15 is 0 Å². The van der Waals surface area contributed by atoms with E-state index in [4.69, 9.17) is 0 Å². The molecule has 1 unspecified atom stereocenters. The highest BCUT2D eigenvalue weighted by Crippen LogP contribution is 2.21. The molecule has 0 bridgehead atoms. The van der Waals surface area contributed by atoms with Gasteiger partial charge in [-0.15, -0.1) is 0 Å². The first kappa shape index (κ1) is 15.8. The lowest BCUT2D eigenvalue weighted by atomic mass is 10.2. The first-order chi connectivity index (χ1) is 11.8. The van der Waals surface area contributed by atoms with Crippen LogP contribution in [0.15, 0.2) is 18.3 Å². The molecular weight excluding hydrogens is 302 g/mol. The second-order valence-electron chi connectivity index (χ2n) is 7.08. The number of hydrogen-bond acceptors (Lipinski definition) is 5. The van der Waals surface area contributed by atoms with Crippen LogP contribution in [0.25, 0.3) is 0 Å². The number of piperazine rings is 1. The first-order valence-electron chi connectivity index (χ1n) is 9.26. The van der Waals surface area contributed by atoms with Crippen LogP contribution in [0.2, 0.25) is 0 Å². The summed E-state index contributed by atoms with van der Waals surface area (Å²) in [7, 11) is 0. The van der Waals surface area contributed by atoms with Crippen LogP contribution < -0.4 is 10.2 Å². The van der Waals surface area contributed by atoms with Gasteiger partial charge in [0.1, 0.15) is 5.82 Å². The fraction of sp³-hybridized carbons (Fsp3) is 0.667. The van der Waals surface area contributed by atoms with Crippen LogP contribution in [0.1, 0.15) is 29.6 Å². The van der Waals surface area contributed by atoms with Crippen molar-refractivity contribution in [3.05, 3.63) is 23.9 Å². The summed E-state index contributed by atoms with van der Waals surface area (Å²) in [6.45, 7) is 8.20. The maximum absolute atomic E-state index is 12.7. The predicted molar refractivity (Wildman–Crippen MR) is 94.4 cm³/mol. The minimum absolute atomic E-state index is 0.133. The molecule has 4 heterocycles. The third-order valence-corrected chi connectivity index (χ3v) is 5.54. The van der Waals surface area contributed by atoms with Gasteiger partial charge in [-0.1, -0.05) is 0 Å². The SMILES string of the molecule is O=C(c1ccc(N2CCCC2)nc1)N1CCC(N2CCNCC2)C1. The smallest absolute Gasteiger partial charge is 0.255 e. The Bertz CT molecular complexity index is 563. The highest BCUT2D eigenvalue weighted by Gasteiger charge is 2.31. The van der Waals surface area contributed by atoms with Gasteiger partial charge in [-0.05, 0) is 31.4 Å². The monoisotopic (exact) mass is 329 g/mol. The Morgan fingerprint density at radius 3 is 2.58 bits per heavy atom. The van der Waals surface area contributed by atoms with E-state index in [1.165, 1.54) is 12.8 Å². The Morgan fingerprint density at radius 1 is 1.08 bits per heavy atom. The third kappa shape index (κ3) is 3.26. The van der Waals surface area contributed by atoms with Crippen LogP contribution in [0.5, 0.6) is 0 Å². The number of likely N-dealkylation sites (tertiary alicyclic amines) is 1. The van der Waals surface area contributed by atoms with Crippen molar-refractivity contribution in [2.75, 3.05) is 57.3 Å². The van der Waals surface area contributed by atoms with E-state index in [2.05, 4.69) is 20.1 Å². The lowest BCUT2D eigenvalue weighted by molar-refractivity contribution is 0.0773. The molecule has 3 fully saturated rings. The largest absolute Gasteiger partial charge is 0.357 e. The van der Waals surface area contributed by atoms with Crippen LogP contribution in [0.3, 0.4) is 0 Å². The zero-order valence-electron chi connectivity index (χ0n) is 14.3. The Kier molecular flexibility index (Phi) is 4.67. The van der Waals surface area contributed by atoms with Gasteiger partial charge in [0.05, 0.1) is 5.56 Å². The average Bonchev–Trinajstić information content (AvgIpc) is 3.34. The zero-order chi connectivity index (χ0) is 16.4. The molecule has 3 aliphatic heterocycles. The van der Waals surface area contributed by atoms with E-state index in [9.17, 15) is 4.79 Å². The number of nitrogens with one attached hydrogen (secondary N) is 1. The maximum atomic E-state index is 12.7. The molecular formula is C18H27N5O. The Morgan fingerprint density at radius 2 is 1.88 bits per heavy atom. The number of carbonyl (C=O) groups is 1. The number of amides is 1. The van der Waals surface area contributed by atoms with Crippen LogP contribution in [-0.2, 0) is 0 Å². The van der Waals surface area contributed by atoms with E-state index in [1.807, 2.05) is 17.0 Å². The van der Waals surface area contributed by atoms with E-state index in [1.54, 1.807) is 6.20 Å². The summed E-state index contributed by atoms with van der Waals surface area (Å²) in [6, 6.07) is 4.47. The van der Waals surface area contributed by atoms with Crippen molar-refractivity contribution in [1.29, 1.82) is 0 Å².